The van der Waals surface area contributed by atoms with E-state index in [1.165, 1.54) is 0 Å². The largest absolute Gasteiger partial charge is 0.508 e. The first-order valence-electron chi connectivity index (χ1n) is 10.6. The van der Waals surface area contributed by atoms with Crippen LogP contribution in [0.4, 0.5) is 5.82 Å². The topological polar surface area (TPSA) is 75.1 Å². The van der Waals surface area contributed by atoms with Crippen LogP contribution in [0, 0.1) is 6.92 Å². The van der Waals surface area contributed by atoms with Gasteiger partial charge < -0.3 is 10.4 Å². The van der Waals surface area contributed by atoms with Gasteiger partial charge in [-0.1, -0.05) is 60.7 Å². The smallest absolute Gasteiger partial charge is 0.225 e. The number of anilines is 1. The highest BCUT2D eigenvalue weighted by Crippen LogP contribution is 2.26. The van der Waals surface area contributed by atoms with Crippen molar-refractivity contribution in [1.29, 1.82) is 0 Å². The first kappa shape index (κ1) is 21.2. The summed E-state index contributed by atoms with van der Waals surface area (Å²) in [6.07, 6.45) is 1.58. The number of rotatable bonds is 7. The van der Waals surface area contributed by atoms with Gasteiger partial charge in [-0.3, -0.25) is 4.79 Å². The SMILES string of the molecule is Cc1nc(NC(=O)CCc2ccccc2)c(Cc2ccccc2)nc1-c1ccc(O)cc1. The Kier molecular flexibility index (Phi) is 6.56. The minimum absolute atomic E-state index is 0.0887. The number of benzene rings is 3. The molecule has 5 nitrogen and oxygen atoms in total. The maximum absolute atomic E-state index is 12.7. The van der Waals surface area contributed by atoms with Crippen molar-refractivity contribution in [3.63, 3.8) is 0 Å². The van der Waals surface area contributed by atoms with Gasteiger partial charge in [-0.2, -0.15) is 0 Å². The van der Waals surface area contributed by atoms with Crippen LogP contribution in [-0.2, 0) is 17.6 Å². The summed E-state index contributed by atoms with van der Waals surface area (Å²) in [7, 11) is 0. The molecular formula is C27H25N3O2. The van der Waals surface area contributed by atoms with Gasteiger partial charge in [0.25, 0.3) is 0 Å². The molecule has 160 valence electrons. The first-order valence-corrected chi connectivity index (χ1v) is 10.6. The summed E-state index contributed by atoms with van der Waals surface area (Å²) < 4.78 is 0. The summed E-state index contributed by atoms with van der Waals surface area (Å²) in [6, 6.07) is 26.8. The van der Waals surface area contributed by atoms with E-state index in [2.05, 4.69) is 5.32 Å². The van der Waals surface area contributed by atoms with Gasteiger partial charge in [0.05, 0.1) is 17.1 Å². The molecule has 5 heteroatoms. The molecule has 32 heavy (non-hydrogen) atoms. The lowest BCUT2D eigenvalue weighted by molar-refractivity contribution is -0.116. The zero-order valence-electron chi connectivity index (χ0n) is 18.0. The molecule has 1 amide bonds. The van der Waals surface area contributed by atoms with Crippen LogP contribution in [0.1, 0.15) is 28.9 Å². The molecule has 0 spiro atoms. The van der Waals surface area contributed by atoms with Gasteiger partial charge in [0.1, 0.15) is 5.75 Å². The van der Waals surface area contributed by atoms with E-state index in [9.17, 15) is 9.90 Å². The second-order valence-electron chi connectivity index (χ2n) is 7.70. The number of carbonyl (C=O) groups excluding carboxylic acids is 1. The average molecular weight is 424 g/mol. The molecule has 0 unspecified atom stereocenters. The number of aromatic nitrogens is 2. The molecule has 0 bridgehead atoms. The van der Waals surface area contributed by atoms with Crippen LogP contribution in [-0.4, -0.2) is 21.0 Å². The number of phenols is 1. The Morgan fingerprint density at radius 1 is 0.844 bits per heavy atom. The Balaban J connectivity index is 1.61. The Morgan fingerprint density at radius 3 is 2.12 bits per heavy atom. The van der Waals surface area contributed by atoms with E-state index in [-0.39, 0.29) is 11.7 Å². The Morgan fingerprint density at radius 2 is 1.47 bits per heavy atom. The maximum Gasteiger partial charge on any atom is 0.225 e. The number of amides is 1. The molecule has 4 aromatic rings. The van der Waals surface area contributed by atoms with Gasteiger partial charge in [-0.25, -0.2) is 9.97 Å². The normalized spacial score (nSPS) is 10.7. The second-order valence-corrected chi connectivity index (χ2v) is 7.70. The van der Waals surface area contributed by atoms with Crippen molar-refractivity contribution in [2.24, 2.45) is 0 Å². The molecular weight excluding hydrogens is 398 g/mol. The van der Waals surface area contributed by atoms with Crippen molar-refractivity contribution < 1.29 is 9.90 Å². The number of phenolic OH excluding ortho intramolecular Hbond substituents is 1. The number of carbonyl (C=O) groups is 1. The van der Waals surface area contributed by atoms with Crippen molar-refractivity contribution in [3.8, 4) is 17.0 Å². The maximum atomic E-state index is 12.7. The van der Waals surface area contributed by atoms with E-state index in [0.717, 1.165) is 22.4 Å². The Hall–Kier alpha value is -3.99. The molecule has 0 atom stereocenters. The zero-order valence-corrected chi connectivity index (χ0v) is 18.0. The number of hydrogen-bond acceptors (Lipinski definition) is 4. The summed E-state index contributed by atoms with van der Waals surface area (Å²) in [5, 5.41) is 12.6. The zero-order chi connectivity index (χ0) is 22.3. The van der Waals surface area contributed by atoms with Crippen molar-refractivity contribution in [1.82, 2.24) is 9.97 Å². The van der Waals surface area contributed by atoms with Gasteiger partial charge in [0.2, 0.25) is 5.91 Å². The molecule has 0 fully saturated rings. The van der Waals surface area contributed by atoms with E-state index in [0.29, 0.717) is 36.5 Å². The third kappa shape index (κ3) is 5.38. The molecule has 1 aromatic heterocycles. The summed E-state index contributed by atoms with van der Waals surface area (Å²) in [5.41, 5.74) is 5.23. The second kappa shape index (κ2) is 9.88. The fourth-order valence-corrected chi connectivity index (χ4v) is 3.56. The summed E-state index contributed by atoms with van der Waals surface area (Å²) in [6.45, 7) is 1.88. The van der Waals surface area contributed by atoms with Crippen LogP contribution in [0.2, 0.25) is 0 Å². The number of nitrogens with zero attached hydrogens (tertiary/aromatic N) is 2. The molecule has 2 N–H and O–H groups in total. The lowest BCUT2D eigenvalue weighted by Gasteiger charge is -2.14. The van der Waals surface area contributed by atoms with Gasteiger partial charge in [0, 0.05) is 18.4 Å². The van der Waals surface area contributed by atoms with Crippen LogP contribution in [0.25, 0.3) is 11.3 Å². The van der Waals surface area contributed by atoms with Gasteiger partial charge in [0.15, 0.2) is 5.82 Å². The van der Waals surface area contributed by atoms with Crippen molar-refractivity contribution in [2.45, 2.75) is 26.2 Å². The highest BCUT2D eigenvalue weighted by Gasteiger charge is 2.16. The average Bonchev–Trinajstić information content (AvgIpc) is 2.81. The Bertz CT molecular complexity index is 1190. The molecule has 0 aliphatic carbocycles. The molecule has 0 saturated heterocycles. The highest BCUT2D eigenvalue weighted by atomic mass is 16.3. The molecule has 0 radical (unpaired) electrons. The number of hydrogen-bond donors (Lipinski definition) is 2. The fourth-order valence-electron chi connectivity index (χ4n) is 3.56. The van der Waals surface area contributed by atoms with Crippen molar-refractivity contribution in [2.75, 3.05) is 5.32 Å². The van der Waals surface area contributed by atoms with E-state index in [4.69, 9.17) is 9.97 Å². The van der Waals surface area contributed by atoms with Gasteiger partial charge in [-0.05, 0) is 48.7 Å². The number of aromatic hydroxyl groups is 1. The molecule has 3 aromatic carbocycles. The minimum Gasteiger partial charge on any atom is -0.508 e. The summed E-state index contributed by atoms with van der Waals surface area (Å²) >= 11 is 0. The lowest BCUT2D eigenvalue weighted by atomic mass is 10.1. The van der Waals surface area contributed by atoms with Crippen molar-refractivity contribution in [3.05, 3.63) is 107 Å². The highest BCUT2D eigenvalue weighted by molar-refractivity contribution is 5.90. The van der Waals surface area contributed by atoms with Crippen LogP contribution in [0.3, 0.4) is 0 Å². The monoisotopic (exact) mass is 423 g/mol. The third-order valence-corrected chi connectivity index (χ3v) is 5.24. The fraction of sp³-hybridized carbons (Fsp3) is 0.148. The molecule has 0 aliphatic heterocycles. The number of nitrogens with one attached hydrogen (secondary N) is 1. The summed E-state index contributed by atoms with van der Waals surface area (Å²) in [5.74, 6) is 0.604. The molecule has 1 heterocycles. The van der Waals surface area contributed by atoms with Crippen LogP contribution >= 0.6 is 0 Å². The molecule has 0 saturated carbocycles. The van der Waals surface area contributed by atoms with E-state index >= 15 is 0 Å². The standard InChI is InChI=1S/C27H25N3O2/c1-19-26(22-13-15-23(31)16-14-22)29-24(18-21-10-6-3-7-11-21)27(28-19)30-25(32)17-12-20-8-4-2-5-9-20/h2-11,13-16,31H,12,17-18H2,1H3,(H,28,30,32). The number of aryl methyl sites for hydroxylation is 2. The van der Waals surface area contributed by atoms with Gasteiger partial charge >= 0.3 is 0 Å². The third-order valence-electron chi connectivity index (χ3n) is 5.24. The van der Waals surface area contributed by atoms with Gasteiger partial charge in [-0.15, -0.1) is 0 Å². The first-order chi connectivity index (χ1) is 15.6. The Labute approximate surface area is 187 Å². The van der Waals surface area contributed by atoms with Crippen LogP contribution in [0.15, 0.2) is 84.9 Å². The van der Waals surface area contributed by atoms with Crippen molar-refractivity contribution >= 4 is 11.7 Å². The van der Waals surface area contributed by atoms with E-state index < -0.39 is 0 Å². The lowest BCUT2D eigenvalue weighted by Crippen LogP contribution is -2.17. The predicted molar refractivity (Wildman–Crippen MR) is 127 cm³/mol. The molecule has 4 rings (SSSR count). The predicted octanol–water partition coefficient (Wildman–Crippen LogP) is 5.32. The minimum atomic E-state index is -0.0887. The van der Waals surface area contributed by atoms with E-state index in [1.807, 2.05) is 79.7 Å². The quantitative estimate of drug-likeness (QED) is 0.422. The van der Waals surface area contributed by atoms with Crippen LogP contribution in [0.5, 0.6) is 5.75 Å². The van der Waals surface area contributed by atoms with Crippen LogP contribution < -0.4 is 5.32 Å². The molecule has 0 aliphatic rings. The van der Waals surface area contributed by atoms with E-state index in [1.54, 1.807) is 12.1 Å². The summed E-state index contributed by atoms with van der Waals surface area (Å²) in [4.78, 5) is 22.3.